The van der Waals surface area contributed by atoms with Crippen molar-refractivity contribution < 1.29 is 28.8 Å². The zero-order valence-electron chi connectivity index (χ0n) is 15.6. The van der Waals surface area contributed by atoms with Gasteiger partial charge in [-0.2, -0.15) is 0 Å². The number of hydrogen-bond donors (Lipinski definition) is 2. The summed E-state index contributed by atoms with van der Waals surface area (Å²) in [6, 6.07) is 8.58. The summed E-state index contributed by atoms with van der Waals surface area (Å²) in [6.45, 7) is 2.68. The number of carbonyl (C=O) groups excluding carboxylic acids is 1. The Labute approximate surface area is 157 Å². The van der Waals surface area contributed by atoms with Crippen molar-refractivity contribution in [3.05, 3.63) is 35.9 Å². The molecule has 2 aromatic rings. The average molecular weight is 373 g/mol. The van der Waals surface area contributed by atoms with Crippen LogP contribution in [-0.2, 0) is 11.2 Å². The van der Waals surface area contributed by atoms with Gasteiger partial charge in [0.15, 0.2) is 23.0 Å². The van der Waals surface area contributed by atoms with Gasteiger partial charge < -0.3 is 29.4 Å². The molecule has 0 aromatic heterocycles. The predicted octanol–water partition coefficient (Wildman–Crippen LogP) is 3.00. The lowest BCUT2D eigenvalue weighted by Crippen LogP contribution is -2.22. The molecule has 0 saturated heterocycles. The Morgan fingerprint density at radius 3 is 2.44 bits per heavy atom. The summed E-state index contributed by atoms with van der Waals surface area (Å²) in [5.41, 5.74) is 1.24. The van der Waals surface area contributed by atoms with Crippen LogP contribution < -0.4 is 24.3 Å². The summed E-state index contributed by atoms with van der Waals surface area (Å²) in [5, 5.41) is 12.9. The van der Waals surface area contributed by atoms with Crippen molar-refractivity contribution >= 4 is 11.6 Å². The Balaban J connectivity index is 1.69. The molecular formula is C20H23NO6. The number of benzene rings is 2. The number of rotatable bonds is 6. The topological polar surface area (TPSA) is 86.3 Å². The predicted molar refractivity (Wildman–Crippen MR) is 100 cm³/mol. The van der Waals surface area contributed by atoms with E-state index in [0.717, 1.165) is 5.56 Å². The summed E-state index contributed by atoms with van der Waals surface area (Å²) in [4.78, 5) is 12.6. The Morgan fingerprint density at radius 2 is 1.78 bits per heavy atom. The fourth-order valence-electron chi connectivity index (χ4n) is 2.89. The van der Waals surface area contributed by atoms with Crippen LogP contribution in [0.15, 0.2) is 30.3 Å². The van der Waals surface area contributed by atoms with Crippen molar-refractivity contribution in [3.8, 4) is 28.7 Å². The Morgan fingerprint density at radius 1 is 1.11 bits per heavy atom. The number of ether oxygens (including phenoxy) is 4. The van der Waals surface area contributed by atoms with E-state index in [1.165, 1.54) is 6.07 Å². The SMILES string of the molecule is COc1ccc(CC(C)C(=O)Nc2cc3c(cc2O)OCCO3)cc1OC. The molecule has 0 fully saturated rings. The van der Waals surface area contributed by atoms with Gasteiger partial charge in [0.2, 0.25) is 5.91 Å². The average Bonchev–Trinajstić information content (AvgIpc) is 2.68. The molecule has 0 bridgehead atoms. The number of fused-ring (bicyclic) bond motifs is 1. The van der Waals surface area contributed by atoms with Crippen LogP contribution in [-0.4, -0.2) is 38.4 Å². The van der Waals surface area contributed by atoms with Crippen molar-refractivity contribution in [2.45, 2.75) is 13.3 Å². The van der Waals surface area contributed by atoms with E-state index in [1.54, 1.807) is 20.3 Å². The minimum atomic E-state index is -0.323. The number of hydrogen-bond acceptors (Lipinski definition) is 6. The summed E-state index contributed by atoms with van der Waals surface area (Å²) in [7, 11) is 3.15. The van der Waals surface area contributed by atoms with Crippen LogP contribution in [0.1, 0.15) is 12.5 Å². The first-order chi connectivity index (χ1) is 13.0. The maximum absolute atomic E-state index is 12.6. The fraction of sp³-hybridized carbons (Fsp3) is 0.350. The first-order valence-corrected chi connectivity index (χ1v) is 8.66. The molecule has 1 atom stereocenters. The van der Waals surface area contributed by atoms with E-state index in [0.29, 0.717) is 48.3 Å². The third kappa shape index (κ3) is 4.19. The third-order valence-corrected chi connectivity index (χ3v) is 4.36. The maximum Gasteiger partial charge on any atom is 0.227 e. The van der Waals surface area contributed by atoms with Gasteiger partial charge in [0.1, 0.15) is 19.0 Å². The van der Waals surface area contributed by atoms with Gasteiger partial charge in [-0.05, 0) is 24.1 Å². The van der Waals surface area contributed by atoms with E-state index in [-0.39, 0.29) is 17.6 Å². The number of nitrogens with one attached hydrogen (secondary N) is 1. The maximum atomic E-state index is 12.6. The smallest absolute Gasteiger partial charge is 0.227 e. The summed E-state index contributed by atoms with van der Waals surface area (Å²) in [6.07, 6.45) is 0.511. The molecule has 27 heavy (non-hydrogen) atoms. The summed E-state index contributed by atoms with van der Waals surface area (Å²) in [5.74, 6) is 1.63. The molecule has 144 valence electrons. The zero-order chi connectivity index (χ0) is 19.4. The van der Waals surface area contributed by atoms with Crippen LogP contribution in [0.2, 0.25) is 0 Å². The van der Waals surface area contributed by atoms with Gasteiger partial charge in [-0.15, -0.1) is 0 Å². The molecule has 7 nitrogen and oxygen atoms in total. The molecule has 2 N–H and O–H groups in total. The van der Waals surface area contributed by atoms with Crippen molar-refractivity contribution in [2.75, 3.05) is 32.8 Å². The highest BCUT2D eigenvalue weighted by Crippen LogP contribution is 2.39. The second-order valence-electron chi connectivity index (χ2n) is 6.30. The van der Waals surface area contributed by atoms with Crippen molar-refractivity contribution in [1.82, 2.24) is 0 Å². The standard InChI is InChI=1S/C20H23NO6/c1-12(8-13-4-5-16(24-2)17(9-13)25-3)20(23)21-14-10-18-19(11-15(14)22)27-7-6-26-18/h4-5,9-12,22H,6-8H2,1-3H3,(H,21,23). The minimum Gasteiger partial charge on any atom is -0.506 e. The minimum absolute atomic E-state index is 0.0640. The molecule has 0 aliphatic carbocycles. The van der Waals surface area contributed by atoms with Crippen LogP contribution in [0.3, 0.4) is 0 Å². The van der Waals surface area contributed by atoms with Gasteiger partial charge >= 0.3 is 0 Å². The van der Waals surface area contributed by atoms with Crippen LogP contribution >= 0.6 is 0 Å². The van der Waals surface area contributed by atoms with E-state index in [4.69, 9.17) is 18.9 Å². The summed E-state index contributed by atoms with van der Waals surface area (Å²) >= 11 is 0. The van der Waals surface area contributed by atoms with E-state index < -0.39 is 0 Å². The van der Waals surface area contributed by atoms with E-state index >= 15 is 0 Å². The molecule has 0 spiro atoms. The second kappa shape index (κ2) is 8.07. The van der Waals surface area contributed by atoms with E-state index in [2.05, 4.69) is 5.32 Å². The number of methoxy groups -OCH3 is 2. The molecular weight excluding hydrogens is 350 g/mol. The van der Waals surface area contributed by atoms with Gasteiger partial charge in [-0.25, -0.2) is 0 Å². The Bertz CT molecular complexity index is 835. The highest BCUT2D eigenvalue weighted by molar-refractivity contribution is 5.94. The lowest BCUT2D eigenvalue weighted by Gasteiger charge is -2.20. The molecule has 7 heteroatoms. The highest BCUT2D eigenvalue weighted by Gasteiger charge is 2.20. The van der Waals surface area contributed by atoms with Crippen molar-refractivity contribution in [3.63, 3.8) is 0 Å². The van der Waals surface area contributed by atoms with Crippen LogP contribution in [0.5, 0.6) is 28.7 Å². The van der Waals surface area contributed by atoms with Crippen LogP contribution in [0, 0.1) is 5.92 Å². The van der Waals surface area contributed by atoms with Gasteiger partial charge in [0.25, 0.3) is 0 Å². The van der Waals surface area contributed by atoms with Crippen LogP contribution in [0.4, 0.5) is 5.69 Å². The molecule has 1 heterocycles. The second-order valence-corrected chi connectivity index (χ2v) is 6.30. The molecule has 1 unspecified atom stereocenters. The molecule has 1 aliphatic heterocycles. The van der Waals surface area contributed by atoms with E-state index in [9.17, 15) is 9.90 Å². The van der Waals surface area contributed by atoms with Crippen molar-refractivity contribution in [2.24, 2.45) is 5.92 Å². The normalized spacial score (nSPS) is 13.6. The summed E-state index contributed by atoms with van der Waals surface area (Å²) < 4.78 is 21.4. The molecule has 2 aromatic carbocycles. The molecule has 1 amide bonds. The zero-order valence-corrected chi connectivity index (χ0v) is 15.6. The van der Waals surface area contributed by atoms with Gasteiger partial charge in [0, 0.05) is 18.1 Å². The highest BCUT2D eigenvalue weighted by atomic mass is 16.6. The number of aromatic hydroxyl groups is 1. The third-order valence-electron chi connectivity index (χ3n) is 4.36. The Kier molecular flexibility index (Phi) is 5.59. The first kappa shape index (κ1) is 18.7. The number of phenols is 1. The monoisotopic (exact) mass is 373 g/mol. The largest absolute Gasteiger partial charge is 0.506 e. The fourth-order valence-corrected chi connectivity index (χ4v) is 2.89. The molecule has 3 rings (SSSR count). The Hall–Kier alpha value is -3.09. The first-order valence-electron chi connectivity index (χ1n) is 8.66. The van der Waals surface area contributed by atoms with E-state index in [1.807, 2.05) is 25.1 Å². The number of amides is 1. The number of carbonyl (C=O) groups is 1. The quantitative estimate of drug-likeness (QED) is 0.757. The lowest BCUT2D eigenvalue weighted by molar-refractivity contribution is -0.119. The molecule has 0 radical (unpaired) electrons. The van der Waals surface area contributed by atoms with Crippen LogP contribution in [0.25, 0.3) is 0 Å². The number of anilines is 1. The number of phenolic OH excluding ortho intramolecular Hbond substituents is 1. The molecule has 0 saturated carbocycles. The van der Waals surface area contributed by atoms with Crippen molar-refractivity contribution in [1.29, 1.82) is 0 Å². The van der Waals surface area contributed by atoms with Gasteiger partial charge in [0.05, 0.1) is 19.9 Å². The van der Waals surface area contributed by atoms with Gasteiger partial charge in [-0.1, -0.05) is 13.0 Å². The van der Waals surface area contributed by atoms with Gasteiger partial charge in [-0.3, -0.25) is 4.79 Å². The molecule has 1 aliphatic rings. The lowest BCUT2D eigenvalue weighted by atomic mass is 9.99.